The van der Waals surface area contributed by atoms with E-state index < -0.39 is 78.5 Å². The van der Waals surface area contributed by atoms with Gasteiger partial charge in [-0.15, -0.1) is 11.3 Å². The van der Waals surface area contributed by atoms with E-state index >= 15 is 0 Å². The first-order valence-electron chi connectivity index (χ1n) is 16.2. The predicted octanol–water partition coefficient (Wildman–Crippen LogP) is 3.45. The molecule has 15 heteroatoms. The van der Waals surface area contributed by atoms with Gasteiger partial charge in [0.2, 0.25) is 17.7 Å². The molecule has 0 aliphatic carbocycles. The number of carboxylic acid groups (broad SMARTS) is 1. The minimum atomic E-state index is -4.68. The number of rotatable bonds is 7. The molecule has 0 fully saturated rings. The van der Waals surface area contributed by atoms with E-state index in [1.165, 1.54) is 35.6 Å². The topological polar surface area (TPSA) is 163 Å². The zero-order valence-corrected chi connectivity index (χ0v) is 28.3. The van der Waals surface area contributed by atoms with Crippen molar-refractivity contribution in [2.75, 3.05) is 6.61 Å². The summed E-state index contributed by atoms with van der Waals surface area (Å²) in [7, 11) is 0. The summed E-state index contributed by atoms with van der Waals surface area (Å²) in [6.07, 6.45) is -5.30. The van der Waals surface area contributed by atoms with Crippen LogP contribution in [0.25, 0.3) is 0 Å². The maximum atomic E-state index is 14.1. The fourth-order valence-electron chi connectivity index (χ4n) is 5.58. The van der Waals surface area contributed by atoms with Crippen molar-refractivity contribution in [3.8, 4) is 5.75 Å². The highest BCUT2D eigenvalue weighted by molar-refractivity contribution is 7.09. The molecule has 1 aromatic heterocycles. The van der Waals surface area contributed by atoms with E-state index in [2.05, 4.69) is 21.3 Å². The number of hydrogen-bond acceptors (Lipinski definition) is 7. The zero-order chi connectivity index (χ0) is 37.3. The largest absolute Gasteiger partial charge is 0.484 e. The third kappa shape index (κ3) is 10.7. The SMILES string of the molecule is O=C1COc2ccc(cc2)C[C@@H](C(=O)O)NC(=O)[C@H](Cc2ccccc2)NC(=O)[C@H](Cc2cccc(C(F)(F)F)c2)NC(=O)[C@H](Cc2cccs2)N1. The molecule has 3 heterocycles. The summed E-state index contributed by atoms with van der Waals surface area (Å²) >= 11 is 1.33. The van der Waals surface area contributed by atoms with E-state index in [0.29, 0.717) is 11.1 Å². The molecule has 3 aromatic carbocycles. The highest BCUT2D eigenvalue weighted by Crippen LogP contribution is 2.30. The summed E-state index contributed by atoms with van der Waals surface area (Å²) in [4.78, 5) is 67.7. The third-order valence-electron chi connectivity index (χ3n) is 8.23. The van der Waals surface area contributed by atoms with Gasteiger partial charge in [0.25, 0.3) is 5.91 Å². The molecule has 0 saturated carbocycles. The highest BCUT2D eigenvalue weighted by atomic mass is 32.1. The second-order valence-electron chi connectivity index (χ2n) is 12.2. The Morgan fingerprint density at radius 3 is 1.96 bits per heavy atom. The number of carbonyl (C=O) groups excluding carboxylic acids is 4. The molecule has 2 aliphatic rings. The lowest BCUT2D eigenvalue weighted by atomic mass is 10.00. The number of halogens is 3. The van der Waals surface area contributed by atoms with Crippen molar-refractivity contribution in [1.29, 1.82) is 0 Å². The van der Waals surface area contributed by atoms with E-state index in [4.69, 9.17) is 4.74 Å². The van der Waals surface area contributed by atoms with Crippen LogP contribution in [0.5, 0.6) is 5.75 Å². The van der Waals surface area contributed by atoms with E-state index in [1.54, 1.807) is 60.0 Å². The van der Waals surface area contributed by atoms with Gasteiger partial charge in [0.1, 0.15) is 29.9 Å². The minimum Gasteiger partial charge on any atom is -0.484 e. The Balaban J connectivity index is 1.52. The lowest BCUT2D eigenvalue weighted by Crippen LogP contribution is -2.59. The smallest absolute Gasteiger partial charge is 0.416 e. The molecular weight excluding hydrogens is 701 g/mol. The zero-order valence-electron chi connectivity index (χ0n) is 27.5. The molecule has 4 amide bonds. The van der Waals surface area contributed by atoms with E-state index in [0.717, 1.165) is 17.0 Å². The molecule has 11 nitrogen and oxygen atoms in total. The summed E-state index contributed by atoms with van der Waals surface area (Å²) in [5.41, 5.74) is 0.227. The number of fused-ring (bicyclic) bond motifs is 16. The normalized spacial score (nSPS) is 20.6. The number of aliphatic carboxylic acids is 1. The van der Waals surface area contributed by atoms with Crippen LogP contribution in [0.15, 0.2) is 96.4 Å². The molecule has 5 N–H and O–H groups in total. The van der Waals surface area contributed by atoms with E-state index in [9.17, 15) is 42.3 Å². The molecule has 4 atom stereocenters. The van der Waals surface area contributed by atoms with Crippen LogP contribution >= 0.6 is 11.3 Å². The standard InChI is InChI=1S/C37H35F3N4O7S/c38-37(39,40)25-9-4-8-24(16-25)19-29-33(46)42-28(17-22-6-2-1-3-7-22)34(47)44-31(36(49)50)18-23-11-13-26(14-12-23)51-21-32(45)41-30(35(48)43-29)20-27-10-5-15-52-27/h1-16,28-31H,17-21H2,(H,41,45)(H,42,46)(H,43,48)(H,44,47)(H,49,50)/t28-,29-,30-,31-/m0/s1. The molecule has 0 unspecified atom stereocenters. The van der Waals surface area contributed by atoms with Crippen molar-refractivity contribution in [3.63, 3.8) is 0 Å². The summed E-state index contributed by atoms with van der Waals surface area (Å²) in [5.74, 6) is -4.30. The molecule has 6 rings (SSSR count). The first kappa shape index (κ1) is 37.6. The number of thiophene rings is 1. The van der Waals surface area contributed by atoms with Crippen LogP contribution in [-0.2, 0) is 55.8 Å². The number of alkyl halides is 3. The van der Waals surface area contributed by atoms with Gasteiger partial charge >= 0.3 is 12.1 Å². The summed E-state index contributed by atoms with van der Waals surface area (Å²) in [6.45, 7) is -0.489. The second kappa shape index (κ2) is 17.0. The van der Waals surface area contributed by atoms with Gasteiger partial charge in [0.05, 0.1) is 5.56 Å². The number of carboxylic acids is 1. The fraction of sp³-hybridized carbons (Fsp3) is 0.270. The maximum absolute atomic E-state index is 14.1. The van der Waals surface area contributed by atoms with Crippen LogP contribution in [-0.4, -0.2) is 65.5 Å². The van der Waals surface area contributed by atoms with Gasteiger partial charge in [0.15, 0.2) is 6.61 Å². The predicted molar refractivity (Wildman–Crippen MR) is 184 cm³/mol. The fourth-order valence-corrected chi connectivity index (χ4v) is 6.33. The van der Waals surface area contributed by atoms with Gasteiger partial charge in [-0.25, -0.2) is 4.79 Å². The average molecular weight is 737 g/mol. The summed E-state index contributed by atoms with van der Waals surface area (Å²) in [6, 6.07) is 17.0. The maximum Gasteiger partial charge on any atom is 0.416 e. The van der Waals surface area contributed by atoms with E-state index in [1.807, 2.05) is 0 Å². The molecule has 2 aliphatic heterocycles. The second-order valence-corrected chi connectivity index (χ2v) is 13.2. The molecule has 0 spiro atoms. The third-order valence-corrected chi connectivity index (χ3v) is 9.13. The van der Waals surface area contributed by atoms with Gasteiger partial charge in [-0.3, -0.25) is 19.2 Å². The van der Waals surface area contributed by atoms with Crippen molar-refractivity contribution < 1.29 is 47.0 Å². The molecule has 0 radical (unpaired) electrons. The van der Waals surface area contributed by atoms with Gasteiger partial charge in [0, 0.05) is 30.6 Å². The summed E-state index contributed by atoms with van der Waals surface area (Å²) in [5, 5.41) is 22.1. The van der Waals surface area contributed by atoms with Crippen molar-refractivity contribution in [2.45, 2.75) is 56.0 Å². The van der Waals surface area contributed by atoms with Gasteiger partial charge in [-0.2, -0.15) is 13.2 Å². The average Bonchev–Trinajstić information content (AvgIpc) is 3.63. The lowest BCUT2D eigenvalue weighted by Gasteiger charge is -2.26. The van der Waals surface area contributed by atoms with Gasteiger partial charge in [-0.1, -0.05) is 66.7 Å². The number of benzene rings is 3. The number of hydrogen-bond donors (Lipinski definition) is 5. The van der Waals surface area contributed by atoms with E-state index in [-0.39, 0.29) is 30.6 Å². The van der Waals surface area contributed by atoms with Crippen molar-refractivity contribution in [2.24, 2.45) is 0 Å². The minimum absolute atomic E-state index is 0.0252. The van der Waals surface area contributed by atoms with Crippen LogP contribution in [0.2, 0.25) is 0 Å². The molecule has 4 aromatic rings. The molecular formula is C37H35F3N4O7S. The number of ether oxygens (including phenoxy) is 1. The highest BCUT2D eigenvalue weighted by Gasteiger charge is 2.34. The van der Waals surface area contributed by atoms with Crippen molar-refractivity contribution in [3.05, 3.63) is 124 Å². The summed E-state index contributed by atoms with van der Waals surface area (Å²) < 4.78 is 46.4. The van der Waals surface area contributed by atoms with Crippen LogP contribution in [0, 0.1) is 0 Å². The molecule has 52 heavy (non-hydrogen) atoms. The van der Waals surface area contributed by atoms with Gasteiger partial charge in [-0.05, 0) is 46.3 Å². The molecule has 0 saturated heterocycles. The van der Waals surface area contributed by atoms with Crippen molar-refractivity contribution >= 4 is 40.9 Å². The Morgan fingerprint density at radius 1 is 0.731 bits per heavy atom. The van der Waals surface area contributed by atoms with Gasteiger partial charge < -0.3 is 31.1 Å². The van der Waals surface area contributed by atoms with Crippen molar-refractivity contribution in [1.82, 2.24) is 21.3 Å². The number of amides is 4. The Kier molecular flexibility index (Phi) is 12.3. The molecule has 272 valence electrons. The number of carbonyl (C=O) groups is 5. The Hall–Kier alpha value is -5.70. The van der Waals surface area contributed by atoms with Crippen LogP contribution in [0.4, 0.5) is 13.2 Å². The van der Waals surface area contributed by atoms with Crippen LogP contribution in [0.3, 0.4) is 0 Å². The lowest BCUT2D eigenvalue weighted by molar-refractivity contribution is -0.142. The van der Waals surface area contributed by atoms with Crippen LogP contribution < -0.4 is 26.0 Å². The monoisotopic (exact) mass is 736 g/mol. The number of nitrogens with one attached hydrogen (secondary N) is 4. The van der Waals surface area contributed by atoms with Crippen LogP contribution in [0.1, 0.15) is 27.1 Å². The quantitative estimate of drug-likeness (QED) is 0.182. The first-order chi connectivity index (χ1) is 24.8. The Bertz CT molecular complexity index is 1870. The first-order valence-corrected chi connectivity index (χ1v) is 17.1. The Morgan fingerprint density at radius 2 is 1.35 bits per heavy atom. The molecule has 2 bridgehead atoms. The Labute approximate surface area is 300 Å².